The van der Waals surface area contributed by atoms with E-state index < -0.39 is 21.8 Å². The third-order valence-corrected chi connectivity index (χ3v) is 6.80. The fourth-order valence-corrected chi connectivity index (χ4v) is 4.72. The molecule has 0 spiro atoms. The highest BCUT2D eigenvalue weighted by Gasteiger charge is 2.34. The van der Waals surface area contributed by atoms with Gasteiger partial charge in [-0.3, -0.25) is 4.90 Å². The fourth-order valence-electron chi connectivity index (χ4n) is 3.26. The van der Waals surface area contributed by atoms with Crippen molar-refractivity contribution in [3.63, 3.8) is 0 Å². The van der Waals surface area contributed by atoms with E-state index in [0.717, 1.165) is 17.7 Å². The van der Waals surface area contributed by atoms with Crippen LogP contribution in [0.25, 0.3) is 0 Å². The molecule has 0 saturated carbocycles. The number of halogens is 3. The second-order valence-electron chi connectivity index (χ2n) is 6.55. The maximum atomic E-state index is 12.9. The van der Waals surface area contributed by atoms with Gasteiger partial charge in [-0.05, 0) is 30.7 Å². The molecule has 0 unspecified atom stereocenters. The normalized spacial score (nSPS) is 18.4. The van der Waals surface area contributed by atoms with Crippen LogP contribution >= 0.6 is 0 Å². The van der Waals surface area contributed by atoms with Crippen LogP contribution in [0.3, 0.4) is 0 Å². The Labute approximate surface area is 157 Å². The van der Waals surface area contributed by atoms with Crippen LogP contribution in [0.5, 0.6) is 0 Å². The molecule has 3 rings (SSSR count). The van der Waals surface area contributed by atoms with Crippen LogP contribution in [0.4, 0.5) is 13.2 Å². The molecule has 0 amide bonds. The Morgan fingerprint density at radius 2 is 1.56 bits per heavy atom. The summed E-state index contributed by atoms with van der Waals surface area (Å²) >= 11 is 0. The molecule has 0 bridgehead atoms. The van der Waals surface area contributed by atoms with Gasteiger partial charge in [-0.1, -0.05) is 36.4 Å². The molecular formula is C19H21F3N2O2S. The molecule has 4 nitrogen and oxygen atoms in total. The second-order valence-corrected chi connectivity index (χ2v) is 8.49. The van der Waals surface area contributed by atoms with Gasteiger partial charge in [0.05, 0.1) is 10.5 Å². The molecule has 1 aliphatic rings. The van der Waals surface area contributed by atoms with Crippen LogP contribution in [0.2, 0.25) is 0 Å². The molecular weight excluding hydrogens is 377 g/mol. The van der Waals surface area contributed by atoms with E-state index in [1.54, 1.807) is 0 Å². The van der Waals surface area contributed by atoms with Gasteiger partial charge in [-0.25, -0.2) is 8.42 Å². The van der Waals surface area contributed by atoms with Crippen LogP contribution in [0, 0.1) is 0 Å². The molecule has 1 saturated heterocycles. The number of benzene rings is 2. The third kappa shape index (κ3) is 4.34. The summed E-state index contributed by atoms with van der Waals surface area (Å²) in [5.41, 5.74) is 0.187. The molecule has 8 heteroatoms. The first-order valence-electron chi connectivity index (χ1n) is 8.66. The Bertz CT molecular complexity index is 877. The minimum absolute atomic E-state index is 0.143. The average Bonchev–Trinajstić information content (AvgIpc) is 2.67. The lowest BCUT2D eigenvalue weighted by atomic mass is 10.1. The van der Waals surface area contributed by atoms with Gasteiger partial charge in [0, 0.05) is 32.2 Å². The van der Waals surface area contributed by atoms with Crippen LogP contribution < -0.4 is 0 Å². The van der Waals surface area contributed by atoms with Gasteiger partial charge in [0.15, 0.2) is 0 Å². The molecule has 0 N–H and O–H groups in total. The van der Waals surface area contributed by atoms with Crippen molar-refractivity contribution in [3.8, 4) is 0 Å². The second kappa shape index (κ2) is 7.61. The van der Waals surface area contributed by atoms with Gasteiger partial charge in [-0.15, -0.1) is 0 Å². The number of hydrogen-bond acceptors (Lipinski definition) is 3. The van der Waals surface area contributed by atoms with Crippen LogP contribution in [-0.4, -0.2) is 43.8 Å². The van der Waals surface area contributed by atoms with Crippen LogP contribution in [0.15, 0.2) is 59.5 Å². The highest BCUT2D eigenvalue weighted by Crippen LogP contribution is 2.31. The lowest BCUT2D eigenvalue weighted by Crippen LogP contribution is -2.49. The molecule has 27 heavy (non-hydrogen) atoms. The number of sulfonamides is 1. The highest BCUT2D eigenvalue weighted by molar-refractivity contribution is 7.89. The maximum Gasteiger partial charge on any atom is 0.416 e. The van der Waals surface area contributed by atoms with Gasteiger partial charge < -0.3 is 0 Å². The summed E-state index contributed by atoms with van der Waals surface area (Å²) in [6.07, 6.45) is -4.57. The zero-order valence-corrected chi connectivity index (χ0v) is 15.7. The van der Waals surface area contributed by atoms with Crippen molar-refractivity contribution in [1.29, 1.82) is 0 Å². The molecule has 146 valence electrons. The highest BCUT2D eigenvalue weighted by atomic mass is 32.2. The predicted molar refractivity (Wildman–Crippen MR) is 96.6 cm³/mol. The maximum absolute atomic E-state index is 12.9. The van der Waals surface area contributed by atoms with Crippen molar-refractivity contribution >= 4 is 10.0 Å². The molecule has 0 aromatic heterocycles. The summed E-state index contributed by atoms with van der Waals surface area (Å²) in [6, 6.07) is 14.0. The summed E-state index contributed by atoms with van der Waals surface area (Å²) in [4.78, 5) is 1.86. The van der Waals surface area contributed by atoms with E-state index in [0.29, 0.717) is 19.2 Å². The number of hydrogen-bond donors (Lipinski definition) is 0. The Hall–Kier alpha value is -1.90. The Kier molecular flexibility index (Phi) is 5.60. The molecule has 1 aliphatic heterocycles. The molecule has 0 radical (unpaired) electrons. The van der Waals surface area contributed by atoms with Crippen molar-refractivity contribution < 1.29 is 21.6 Å². The van der Waals surface area contributed by atoms with E-state index >= 15 is 0 Å². The van der Waals surface area contributed by atoms with Crippen molar-refractivity contribution in [2.45, 2.75) is 24.0 Å². The van der Waals surface area contributed by atoms with E-state index in [1.165, 1.54) is 10.4 Å². The lowest BCUT2D eigenvalue weighted by Gasteiger charge is -2.37. The number of piperazine rings is 1. The first-order chi connectivity index (χ1) is 12.7. The van der Waals surface area contributed by atoms with E-state index in [-0.39, 0.29) is 24.0 Å². The summed E-state index contributed by atoms with van der Waals surface area (Å²) in [5, 5.41) is 0. The average molecular weight is 398 g/mol. The summed E-state index contributed by atoms with van der Waals surface area (Å²) in [7, 11) is -3.95. The standard InChI is InChI=1S/C19H21F3N2O2S/c1-15(16-6-3-2-4-7-16)23-10-12-24(13-11-23)27(25,26)18-9-5-8-17(14-18)19(20,21)22/h2-9,14-15H,10-13H2,1H3/t15-/m0/s1. The van der Waals surface area contributed by atoms with Gasteiger partial charge in [0.2, 0.25) is 10.0 Å². The van der Waals surface area contributed by atoms with Crippen molar-refractivity contribution in [2.24, 2.45) is 0 Å². The Morgan fingerprint density at radius 3 is 2.15 bits per heavy atom. The number of nitrogens with zero attached hydrogens (tertiary/aromatic N) is 2. The minimum Gasteiger partial charge on any atom is -0.294 e. The van der Waals surface area contributed by atoms with E-state index in [1.807, 2.05) is 30.3 Å². The molecule has 0 aliphatic carbocycles. The van der Waals surface area contributed by atoms with Gasteiger partial charge in [0.25, 0.3) is 0 Å². The SMILES string of the molecule is C[C@@H](c1ccccc1)N1CCN(S(=O)(=O)c2cccc(C(F)(F)F)c2)CC1. The topological polar surface area (TPSA) is 40.6 Å². The van der Waals surface area contributed by atoms with Crippen molar-refractivity contribution in [1.82, 2.24) is 9.21 Å². The minimum atomic E-state index is -4.57. The van der Waals surface area contributed by atoms with E-state index in [2.05, 4.69) is 11.8 Å². The largest absolute Gasteiger partial charge is 0.416 e. The third-order valence-electron chi connectivity index (χ3n) is 4.90. The number of rotatable bonds is 4. The quantitative estimate of drug-likeness (QED) is 0.787. The van der Waals surface area contributed by atoms with Crippen molar-refractivity contribution in [2.75, 3.05) is 26.2 Å². The molecule has 2 aromatic carbocycles. The summed E-state index contributed by atoms with van der Waals surface area (Å²) in [6.45, 7) is 3.60. The van der Waals surface area contributed by atoms with Crippen molar-refractivity contribution in [3.05, 3.63) is 65.7 Å². The van der Waals surface area contributed by atoms with Gasteiger partial charge in [-0.2, -0.15) is 17.5 Å². The smallest absolute Gasteiger partial charge is 0.294 e. The van der Waals surface area contributed by atoms with Crippen LogP contribution in [-0.2, 0) is 16.2 Å². The zero-order valence-electron chi connectivity index (χ0n) is 14.9. The molecule has 1 atom stereocenters. The van der Waals surface area contributed by atoms with Crippen LogP contribution in [0.1, 0.15) is 24.1 Å². The molecule has 1 heterocycles. The van der Waals surface area contributed by atoms with Gasteiger partial charge >= 0.3 is 6.18 Å². The molecule has 1 fully saturated rings. The lowest BCUT2D eigenvalue weighted by molar-refractivity contribution is -0.137. The Balaban J connectivity index is 1.72. The van der Waals surface area contributed by atoms with E-state index in [9.17, 15) is 21.6 Å². The fraction of sp³-hybridized carbons (Fsp3) is 0.368. The first-order valence-corrected chi connectivity index (χ1v) is 10.1. The Morgan fingerprint density at radius 1 is 0.926 bits per heavy atom. The monoisotopic (exact) mass is 398 g/mol. The van der Waals surface area contributed by atoms with Gasteiger partial charge in [0.1, 0.15) is 0 Å². The molecule has 2 aromatic rings. The zero-order chi connectivity index (χ0) is 19.7. The summed E-state index contributed by atoms with van der Waals surface area (Å²) < 4.78 is 65.4. The number of alkyl halides is 3. The predicted octanol–water partition coefficient (Wildman–Crippen LogP) is 3.77. The first kappa shape index (κ1) is 19.9. The summed E-state index contributed by atoms with van der Waals surface area (Å²) in [5.74, 6) is 0. The van der Waals surface area contributed by atoms with E-state index in [4.69, 9.17) is 0 Å².